The standard InChI is InChI=1S/C18H16BrFO5/c1-11(25-14-6-4-13(19)5-7-14)18(22)24-10-16(21)12-3-8-17(23-2)15(20)9-12/h3-9,11H,10H2,1-2H3/t11-/m1/s1. The lowest BCUT2D eigenvalue weighted by Crippen LogP contribution is -2.28. The van der Waals surface area contributed by atoms with E-state index < -0.39 is 30.3 Å². The first-order valence-electron chi connectivity index (χ1n) is 7.36. The Bertz CT molecular complexity index is 761. The summed E-state index contributed by atoms with van der Waals surface area (Å²) in [5.41, 5.74) is 0.0904. The molecule has 0 fully saturated rings. The molecule has 132 valence electrons. The van der Waals surface area contributed by atoms with Crippen molar-refractivity contribution in [1.29, 1.82) is 0 Å². The number of carbonyl (C=O) groups excluding carboxylic acids is 2. The molecule has 2 rings (SSSR count). The van der Waals surface area contributed by atoms with Gasteiger partial charge in [0.15, 0.2) is 30.1 Å². The lowest BCUT2D eigenvalue weighted by atomic mass is 10.1. The van der Waals surface area contributed by atoms with Crippen molar-refractivity contribution in [2.75, 3.05) is 13.7 Å². The first kappa shape index (κ1) is 18.9. The van der Waals surface area contributed by atoms with Crippen LogP contribution in [0.5, 0.6) is 11.5 Å². The van der Waals surface area contributed by atoms with Crippen LogP contribution in [0.4, 0.5) is 4.39 Å². The summed E-state index contributed by atoms with van der Waals surface area (Å²) in [6.07, 6.45) is -0.887. The molecule has 0 aromatic heterocycles. The third-order valence-corrected chi connectivity index (χ3v) is 3.81. The van der Waals surface area contributed by atoms with Gasteiger partial charge in [0.05, 0.1) is 7.11 Å². The maximum atomic E-state index is 13.6. The van der Waals surface area contributed by atoms with Gasteiger partial charge in [0.1, 0.15) is 5.75 Å². The number of hydrogen-bond acceptors (Lipinski definition) is 5. The van der Waals surface area contributed by atoms with Crippen molar-refractivity contribution in [1.82, 2.24) is 0 Å². The minimum atomic E-state index is -0.887. The van der Waals surface area contributed by atoms with E-state index in [4.69, 9.17) is 14.2 Å². The van der Waals surface area contributed by atoms with Crippen LogP contribution in [-0.4, -0.2) is 31.6 Å². The number of hydrogen-bond donors (Lipinski definition) is 0. The number of esters is 1. The number of Topliss-reactive ketones (excluding diaryl/α,β-unsaturated/α-hetero) is 1. The van der Waals surface area contributed by atoms with Crippen LogP contribution in [0.2, 0.25) is 0 Å². The number of ketones is 1. The van der Waals surface area contributed by atoms with E-state index in [1.54, 1.807) is 24.3 Å². The predicted octanol–water partition coefficient (Wildman–Crippen LogP) is 3.79. The predicted molar refractivity (Wildman–Crippen MR) is 92.5 cm³/mol. The summed E-state index contributed by atoms with van der Waals surface area (Å²) in [4.78, 5) is 23.9. The highest BCUT2D eigenvalue weighted by molar-refractivity contribution is 9.10. The molecule has 0 saturated carbocycles. The molecule has 25 heavy (non-hydrogen) atoms. The number of methoxy groups -OCH3 is 1. The second-order valence-corrected chi connectivity index (χ2v) is 6.01. The van der Waals surface area contributed by atoms with Gasteiger partial charge in [0.2, 0.25) is 0 Å². The minimum absolute atomic E-state index is 0.0325. The molecule has 2 aromatic carbocycles. The number of rotatable bonds is 7. The Balaban J connectivity index is 1.89. The van der Waals surface area contributed by atoms with Gasteiger partial charge in [-0.15, -0.1) is 0 Å². The maximum absolute atomic E-state index is 13.6. The maximum Gasteiger partial charge on any atom is 0.347 e. The first-order valence-corrected chi connectivity index (χ1v) is 8.15. The zero-order valence-electron chi connectivity index (χ0n) is 13.6. The van der Waals surface area contributed by atoms with Gasteiger partial charge in [-0.3, -0.25) is 4.79 Å². The Hall–Kier alpha value is -2.41. The molecular formula is C18H16BrFO5. The molecule has 0 unspecified atom stereocenters. The summed E-state index contributed by atoms with van der Waals surface area (Å²) >= 11 is 3.30. The van der Waals surface area contributed by atoms with Crippen LogP contribution in [0.1, 0.15) is 17.3 Å². The summed E-state index contributed by atoms with van der Waals surface area (Å²) in [6.45, 7) is 1.01. The fourth-order valence-electron chi connectivity index (χ4n) is 1.94. The highest BCUT2D eigenvalue weighted by Crippen LogP contribution is 2.19. The van der Waals surface area contributed by atoms with Crippen LogP contribution < -0.4 is 9.47 Å². The summed E-state index contributed by atoms with van der Waals surface area (Å²) in [5, 5.41) is 0. The van der Waals surface area contributed by atoms with Crippen LogP contribution >= 0.6 is 15.9 Å². The normalized spacial score (nSPS) is 11.5. The van der Waals surface area contributed by atoms with Gasteiger partial charge >= 0.3 is 5.97 Å². The third kappa shape index (κ3) is 5.29. The highest BCUT2D eigenvalue weighted by Gasteiger charge is 2.19. The van der Waals surface area contributed by atoms with Crippen molar-refractivity contribution in [2.24, 2.45) is 0 Å². The Morgan fingerprint density at radius 3 is 2.44 bits per heavy atom. The van der Waals surface area contributed by atoms with Crippen molar-refractivity contribution >= 4 is 27.7 Å². The molecule has 0 aliphatic heterocycles. The molecule has 5 nitrogen and oxygen atoms in total. The lowest BCUT2D eigenvalue weighted by molar-refractivity contribution is -0.149. The fourth-order valence-corrected chi connectivity index (χ4v) is 2.21. The molecule has 2 aromatic rings. The lowest BCUT2D eigenvalue weighted by Gasteiger charge is -2.14. The zero-order chi connectivity index (χ0) is 18.4. The topological polar surface area (TPSA) is 61.8 Å². The summed E-state index contributed by atoms with van der Waals surface area (Å²) in [6, 6.07) is 10.7. The average Bonchev–Trinajstić information content (AvgIpc) is 2.61. The molecule has 1 atom stereocenters. The highest BCUT2D eigenvalue weighted by atomic mass is 79.9. The van der Waals surface area contributed by atoms with E-state index >= 15 is 0 Å². The molecule has 0 heterocycles. The van der Waals surface area contributed by atoms with E-state index in [9.17, 15) is 14.0 Å². The fraction of sp³-hybridized carbons (Fsp3) is 0.222. The van der Waals surface area contributed by atoms with Crippen molar-refractivity contribution in [2.45, 2.75) is 13.0 Å². The largest absolute Gasteiger partial charge is 0.494 e. The summed E-state index contributed by atoms with van der Waals surface area (Å²) in [7, 11) is 1.33. The van der Waals surface area contributed by atoms with E-state index in [1.807, 2.05) is 0 Å². The smallest absolute Gasteiger partial charge is 0.347 e. The van der Waals surface area contributed by atoms with E-state index in [0.29, 0.717) is 5.75 Å². The summed E-state index contributed by atoms with van der Waals surface area (Å²) < 4.78 is 29.6. The molecule has 0 amide bonds. The third-order valence-electron chi connectivity index (χ3n) is 3.28. The average molecular weight is 411 g/mol. The van der Waals surface area contributed by atoms with Crippen molar-refractivity contribution in [3.05, 3.63) is 58.3 Å². The Morgan fingerprint density at radius 2 is 1.84 bits per heavy atom. The molecule has 0 aliphatic rings. The van der Waals surface area contributed by atoms with Gasteiger partial charge < -0.3 is 14.2 Å². The monoisotopic (exact) mass is 410 g/mol. The van der Waals surface area contributed by atoms with Gasteiger partial charge in [0, 0.05) is 10.0 Å². The van der Waals surface area contributed by atoms with Gasteiger partial charge in [-0.1, -0.05) is 15.9 Å². The Labute approximate surface area is 152 Å². The molecular weight excluding hydrogens is 395 g/mol. The Kier molecular flexibility index (Phi) is 6.52. The van der Waals surface area contributed by atoms with E-state index in [0.717, 1.165) is 10.5 Å². The number of carbonyl (C=O) groups is 2. The van der Waals surface area contributed by atoms with Gasteiger partial charge in [-0.25, -0.2) is 9.18 Å². The molecule has 0 aliphatic carbocycles. The number of halogens is 2. The van der Waals surface area contributed by atoms with E-state index in [2.05, 4.69) is 15.9 Å². The van der Waals surface area contributed by atoms with Gasteiger partial charge in [-0.05, 0) is 49.4 Å². The van der Waals surface area contributed by atoms with Crippen LogP contribution in [-0.2, 0) is 9.53 Å². The quantitative estimate of drug-likeness (QED) is 0.513. The molecule has 0 N–H and O–H groups in total. The van der Waals surface area contributed by atoms with E-state index in [1.165, 1.54) is 26.2 Å². The SMILES string of the molecule is COc1ccc(C(=O)COC(=O)[C@@H](C)Oc2ccc(Br)cc2)cc1F. The molecule has 0 radical (unpaired) electrons. The first-order chi connectivity index (χ1) is 11.9. The van der Waals surface area contributed by atoms with Crippen LogP contribution in [0, 0.1) is 5.82 Å². The summed E-state index contributed by atoms with van der Waals surface area (Å²) in [5.74, 6) is -1.34. The van der Waals surface area contributed by atoms with Gasteiger partial charge in [-0.2, -0.15) is 0 Å². The van der Waals surface area contributed by atoms with Crippen LogP contribution in [0.3, 0.4) is 0 Å². The second-order valence-electron chi connectivity index (χ2n) is 5.09. The van der Waals surface area contributed by atoms with Crippen molar-refractivity contribution in [3.63, 3.8) is 0 Å². The zero-order valence-corrected chi connectivity index (χ0v) is 15.2. The van der Waals surface area contributed by atoms with Crippen molar-refractivity contribution in [3.8, 4) is 11.5 Å². The van der Waals surface area contributed by atoms with Crippen LogP contribution in [0.15, 0.2) is 46.9 Å². The molecule has 7 heteroatoms. The number of ether oxygens (including phenoxy) is 3. The van der Waals surface area contributed by atoms with Crippen LogP contribution in [0.25, 0.3) is 0 Å². The molecule has 0 saturated heterocycles. The molecule has 0 bridgehead atoms. The second kappa shape index (κ2) is 8.62. The minimum Gasteiger partial charge on any atom is -0.494 e. The Morgan fingerprint density at radius 1 is 1.16 bits per heavy atom. The van der Waals surface area contributed by atoms with Crippen molar-refractivity contribution < 1.29 is 28.2 Å². The van der Waals surface area contributed by atoms with Gasteiger partial charge in [0.25, 0.3) is 0 Å². The van der Waals surface area contributed by atoms with E-state index in [-0.39, 0.29) is 11.3 Å². The number of benzene rings is 2. The molecule has 0 spiro atoms.